The molecular formula is C11H17N3O2. The first kappa shape index (κ1) is 12.3. The number of nitrogens with two attached hydrogens (primary N) is 2. The first-order valence-electron chi connectivity index (χ1n) is 4.94. The standard InChI is InChI=1S/C11H17N3O2/c1-11(2,6-15)14-9-4-3-7(10(13)16)5-8(9)12/h3-5,14-15H,6,12H2,1-2H3,(H2,13,16). The SMILES string of the molecule is CC(C)(CO)Nc1ccc(C(N)=O)cc1N. The monoisotopic (exact) mass is 223 g/mol. The topological polar surface area (TPSA) is 101 Å². The molecule has 0 aromatic heterocycles. The molecule has 1 aromatic rings. The molecule has 88 valence electrons. The Morgan fingerprint density at radius 3 is 2.56 bits per heavy atom. The highest BCUT2D eigenvalue weighted by Crippen LogP contribution is 2.23. The lowest BCUT2D eigenvalue weighted by Gasteiger charge is -2.25. The number of hydrogen-bond acceptors (Lipinski definition) is 4. The van der Waals surface area contributed by atoms with E-state index in [0.29, 0.717) is 16.9 Å². The van der Waals surface area contributed by atoms with Gasteiger partial charge >= 0.3 is 0 Å². The fourth-order valence-corrected chi connectivity index (χ4v) is 1.23. The maximum absolute atomic E-state index is 10.9. The van der Waals surface area contributed by atoms with Crippen molar-refractivity contribution in [3.8, 4) is 0 Å². The summed E-state index contributed by atoms with van der Waals surface area (Å²) in [6, 6.07) is 4.78. The molecule has 0 fully saturated rings. The second kappa shape index (κ2) is 4.40. The van der Waals surface area contributed by atoms with Gasteiger partial charge in [-0.1, -0.05) is 0 Å². The summed E-state index contributed by atoms with van der Waals surface area (Å²) in [5, 5.41) is 12.2. The third-order valence-electron chi connectivity index (χ3n) is 2.20. The summed E-state index contributed by atoms with van der Waals surface area (Å²) in [6.45, 7) is 3.66. The number of amides is 1. The zero-order chi connectivity index (χ0) is 12.3. The number of carbonyl (C=O) groups is 1. The molecule has 0 aliphatic rings. The Bertz CT molecular complexity index is 402. The number of nitrogens with one attached hydrogen (secondary N) is 1. The van der Waals surface area contributed by atoms with Crippen LogP contribution in [0.3, 0.4) is 0 Å². The van der Waals surface area contributed by atoms with E-state index in [9.17, 15) is 4.79 Å². The van der Waals surface area contributed by atoms with Crippen LogP contribution in [0, 0.1) is 0 Å². The lowest BCUT2D eigenvalue weighted by Crippen LogP contribution is -2.35. The quantitative estimate of drug-likeness (QED) is 0.560. The Labute approximate surface area is 94.4 Å². The number of aliphatic hydroxyl groups excluding tert-OH is 1. The van der Waals surface area contributed by atoms with Gasteiger partial charge in [0.2, 0.25) is 5.91 Å². The minimum atomic E-state index is -0.514. The minimum absolute atomic E-state index is 0.0238. The number of primary amides is 1. The van der Waals surface area contributed by atoms with Crippen molar-refractivity contribution in [2.24, 2.45) is 5.73 Å². The molecule has 0 unspecified atom stereocenters. The number of carbonyl (C=O) groups excluding carboxylic acids is 1. The third-order valence-corrected chi connectivity index (χ3v) is 2.20. The van der Waals surface area contributed by atoms with Gasteiger partial charge in [-0.05, 0) is 32.0 Å². The van der Waals surface area contributed by atoms with Crippen LogP contribution in [0.25, 0.3) is 0 Å². The maximum Gasteiger partial charge on any atom is 0.248 e. The van der Waals surface area contributed by atoms with E-state index in [1.54, 1.807) is 12.1 Å². The van der Waals surface area contributed by atoms with Gasteiger partial charge in [0.25, 0.3) is 0 Å². The molecule has 0 saturated carbocycles. The zero-order valence-electron chi connectivity index (χ0n) is 9.45. The summed E-state index contributed by atoms with van der Waals surface area (Å²) in [5.41, 5.74) is 11.9. The summed E-state index contributed by atoms with van der Waals surface area (Å²) in [7, 11) is 0. The van der Waals surface area contributed by atoms with Gasteiger partial charge in [0.1, 0.15) is 0 Å². The van der Waals surface area contributed by atoms with Gasteiger partial charge in [0.15, 0.2) is 0 Å². The highest BCUT2D eigenvalue weighted by molar-refractivity contribution is 5.94. The van der Waals surface area contributed by atoms with Crippen molar-refractivity contribution in [3.63, 3.8) is 0 Å². The fourth-order valence-electron chi connectivity index (χ4n) is 1.23. The Morgan fingerprint density at radius 1 is 1.50 bits per heavy atom. The number of anilines is 2. The molecule has 5 heteroatoms. The average molecular weight is 223 g/mol. The molecule has 0 radical (unpaired) electrons. The molecule has 1 amide bonds. The zero-order valence-corrected chi connectivity index (χ0v) is 9.45. The number of aliphatic hydroxyl groups is 1. The smallest absolute Gasteiger partial charge is 0.248 e. The number of benzene rings is 1. The van der Waals surface area contributed by atoms with Gasteiger partial charge in [-0.25, -0.2) is 0 Å². The Hall–Kier alpha value is -1.75. The van der Waals surface area contributed by atoms with Crippen molar-refractivity contribution in [2.75, 3.05) is 17.7 Å². The van der Waals surface area contributed by atoms with Gasteiger partial charge in [0.05, 0.1) is 23.5 Å². The molecule has 0 atom stereocenters. The molecule has 0 aliphatic heterocycles. The van der Waals surface area contributed by atoms with Crippen molar-refractivity contribution in [1.29, 1.82) is 0 Å². The number of nitrogen functional groups attached to an aromatic ring is 1. The van der Waals surface area contributed by atoms with E-state index < -0.39 is 11.4 Å². The second-order valence-corrected chi connectivity index (χ2v) is 4.33. The van der Waals surface area contributed by atoms with Crippen LogP contribution in [0.1, 0.15) is 24.2 Å². The van der Waals surface area contributed by atoms with E-state index in [1.807, 2.05) is 13.8 Å². The minimum Gasteiger partial charge on any atom is -0.397 e. The van der Waals surface area contributed by atoms with Gasteiger partial charge in [-0.2, -0.15) is 0 Å². The molecule has 0 saturated heterocycles. The normalized spacial score (nSPS) is 11.2. The summed E-state index contributed by atoms with van der Waals surface area (Å²) in [4.78, 5) is 10.9. The Morgan fingerprint density at radius 2 is 2.12 bits per heavy atom. The van der Waals surface area contributed by atoms with E-state index in [1.165, 1.54) is 6.07 Å². The second-order valence-electron chi connectivity index (χ2n) is 4.33. The highest BCUT2D eigenvalue weighted by Gasteiger charge is 2.17. The van der Waals surface area contributed by atoms with Crippen molar-refractivity contribution in [1.82, 2.24) is 0 Å². The Kier molecular flexibility index (Phi) is 3.39. The number of rotatable bonds is 4. The van der Waals surface area contributed by atoms with Gasteiger partial charge in [-0.3, -0.25) is 4.79 Å². The van der Waals surface area contributed by atoms with Crippen LogP contribution >= 0.6 is 0 Å². The molecule has 0 heterocycles. The summed E-state index contributed by atoms with van der Waals surface area (Å²) in [6.07, 6.45) is 0. The van der Waals surface area contributed by atoms with Crippen molar-refractivity contribution < 1.29 is 9.90 Å². The van der Waals surface area contributed by atoms with E-state index in [2.05, 4.69) is 5.32 Å². The molecule has 6 N–H and O–H groups in total. The molecule has 1 aromatic carbocycles. The van der Waals surface area contributed by atoms with Crippen LogP contribution in [0.4, 0.5) is 11.4 Å². The van der Waals surface area contributed by atoms with Crippen LogP contribution in [0.2, 0.25) is 0 Å². The van der Waals surface area contributed by atoms with E-state index in [4.69, 9.17) is 16.6 Å². The molecule has 0 aliphatic carbocycles. The first-order chi connectivity index (χ1) is 7.35. The molecule has 1 rings (SSSR count). The predicted octanol–water partition coefficient (Wildman–Crippen LogP) is 0.550. The largest absolute Gasteiger partial charge is 0.397 e. The molecule has 5 nitrogen and oxygen atoms in total. The van der Waals surface area contributed by atoms with Crippen LogP contribution in [0.15, 0.2) is 18.2 Å². The first-order valence-corrected chi connectivity index (χ1v) is 4.94. The third kappa shape index (κ3) is 2.87. The summed E-state index contributed by atoms with van der Waals surface area (Å²) < 4.78 is 0. The van der Waals surface area contributed by atoms with Crippen molar-refractivity contribution in [3.05, 3.63) is 23.8 Å². The summed E-state index contributed by atoms with van der Waals surface area (Å²) in [5.74, 6) is -0.514. The Balaban J connectivity index is 2.96. The lowest BCUT2D eigenvalue weighted by molar-refractivity contribution is 0.100. The average Bonchev–Trinajstić information content (AvgIpc) is 2.20. The molecular weight excluding hydrogens is 206 g/mol. The van der Waals surface area contributed by atoms with Crippen LogP contribution in [-0.2, 0) is 0 Å². The van der Waals surface area contributed by atoms with Gasteiger partial charge < -0.3 is 21.9 Å². The molecule has 16 heavy (non-hydrogen) atoms. The van der Waals surface area contributed by atoms with Gasteiger partial charge in [0, 0.05) is 5.56 Å². The molecule has 0 spiro atoms. The predicted molar refractivity (Wildman–Crippen MR) is 64.2 cm³/mol. The van der Waals surface area contributed by atoms with Crippen molar-refractivity contribution in [2.45, 2.75) is 19.4 Å². The van der Waals surface area contributed by atoms with E-state index in [0.717, 1.165) is 0 Å². The fraction of sp³-hybridized carbons (Fsp3) is 0.364. The number of hydrogen-bond donors (Lipinski definition) is 4. The van der Waals surface area contributed by atoms with Gasteiger partial charge in [-0.15, -0.1) is 0 Å². The molecule has 0 bridgehead atoms. The van der Waals surface area contributed by atoms with Crippen molar-refractivity contribution >= 4 is 17.3 Å². The van der Waals surface area contributed by atoms with E-state index >= 15 is 0 Å². The van der Waals surface area contributed by atoms with Crippen LogP contribution in [-0.4, -0.2) is 23.2 Å². The highest BCUT2D eigenvalue weighted by atomic mass is 16.3. The summed E-state index contributed by atoms with van der Waals surface area (Å²) >= 11 is 0. The van der Waals surface area contributed by atoms with E-state index in [-0.39, 0.29) is 6.61 Å². The maximum atomic E-state index is 10.9. The van der Waals surface area contributed by atoms with Crippen LogP contribution in [0.5, 0.6) is 0 Å². The lowest BCUT2D eigenvalue weighted by atomic mass is 10.1. The van der Waals surface area contributed by atoms with Crippen LogP contribution < -0.4 is 16.8 Å².